The van der Waals surface area contributed by atoms with E-state index in [0.29, 0.717) is 23.1 Å². The summed E-state index contributed by atoms with van der Waals surface area (Å²) in [5, 5.41) is 13.3. The Morgan fingerprint density at radius 1 is 1.41 bits per heavy atom. The van der Waals surface area contributed by atoms with Gasteiger partial charge in [0.2, 0.25) is 0 Å². The minimum absolute atomic E-state index is 0.173. The standard InChI is InChI=1S/C17H22N4O/c1-20-10-6-7-15-12(8-10)13(17(19)21-15)9-14(18)11-4-2-3-5-16(11)22/h2-5,9-10,20-22H,6-8,18-19H2,1H3/b14-9-. The molecule has 7 N–H and O–H groups in total. The molecule has 1 aromatic carbocycles. The molecule has 0 spiro atoms. The molecular formula is C17H22N4O. The Bertz CT molecular complexity index is 717. The number of hydrogen-bond acceptors (Lipinski definition) is 4. The Kier molecular flexibility index (Phi) is 3.81. The lowest BCUT2D eigenvalue weighted by Crippen LogP contribution is -2.31. The maximum absolute atomic E-state index is 9.93. The predicted octanol–water partition coefficient (Wildman–Crippen LogP) is 1.84. The van der Waals surface area contributed by atoms with Crippen molar-refractivity contribution in [1.82, 2.24) is 10.3 Å². The van der Waals surface area contributed by atoms with Crippen LogP contribution in [0, 0.1) is 0 Å². The van der Waals surface area contributed by atoms with Crippen LogP contribution in [0.2, 0.25) is 0 Å². The van der Waals surface area contributed by atoms with Gasteiger partial charge in [0, 0.05) is 28.6 Å². The second-order valence-electron chi connectivity index (χ2n) is 5.75. The average Bonchev–Trinajstić information content (AvgIpc) is 2.83. The number of aryl methyl sites for hydroxylation is 1. The third kappa shape index (κ3) is 2.55. The number of nitrogen functional groups attached to an aromatic ring is 1. The molecule has 5 nitrogen and oxygen atoms in total. The molecule has 0 radical (unpaired) electrons. The second-order valence-corrected chi connectivity index (χ2v) is 5.75. The lowest BCUT2D eigenvalue weighted by molar-refractivity contribution is 0.473. The van der Waals surface area contributed by atoms with E-state index in [9.17, 15) is 5.11 Å². The van der Waals surface area contributed by atoms with Gasteiger partial charge in [-0.1, -0.05) is 12.1 Å². The zero-order valence-corrected chi connectivity index (χ0v) is 12.7. The molecule has 3 rings (SSSR count). The number of benzene rings is 1. The molecule has 0 saturated heterocycles. The van der Waals surface area contributed by atoms with Gasteiger partial charge in [-0.2, -0.15) is 0 Å². The third-order valence-corrected chi connectivity index (χ3v) is 4.38. The Labute approximate surface area is 130 Å². The van der Waals surface area contributed by atoms with Crippen molar-refractivity contribution >= 4 is 17.6 Å². The van der Waals surface area contributed by atoms with Crippen LogP contribution in [-0.4, -0.2) is 23.2 Å². The average molecular weight is 298 g/mol. The summed E-state index contributed by atoms with van der Waals surface area (Å²) < 4.78 is 0. The normalized spacial score (nSPS) is 18.2. The molecular weight excluding hydrogens is 276 g/mol. The van der Waals surface area contributed by atoms with E-state index >= 15 is 0 Å². The van der Waals surface area contributed by atoms with Crippen molar-refractivity contribution in [2.75, 3.05) is 12.8 Å². The number of H-pyrrole nitrogens is 1. The number of fused-ring (bicyclic) bond motifs is 1. The van der Waals surface area contributed by atoms with Gasteiger partial charge in [-0.15, -0.1) is 0 Å². The lowest BCUT2D eigenvalue weighted by Gasteiger charge is -2.22. The minimum atomic E-state index is 0.173. The Hall–Kier alpha value is -2.40. The number of para-hydroxylation sites is 1. The van der Waals surface area contributed by atoms with E-state index in [4.69, 9.17) is 11.5 Å². The molecule has 1 aromatic heterocycles. The van der Waals surface area contributed by atoms with Crippen molar-refractivity contribution in [1.29, 1.82) is 0 Å². The van der Waals surface area contributed by atoms with E-state index in [0.717, 1.165) is 24.8 Å². The van der Waals surface area contributed by atoms with Crippen LogP contribution in [-0.2, 0) is 12.8 Å². The molecule has 0 aliphatic heterocycles. The van der Waals surface area contributed by atoms with Gasteiger partial charge < -0.3 is 26.9 Å². The Morgan fingerprint density at radius 3 is 2.91 bits per heavy atom. The van der Waals surface area contributed by atoms with Crippen LogP contribution in [0.5, 0.6) is 5.75 Å². The quantitative estimate of drug-likeness (QED) is 0.597. The highest BCUT2D eigenvalue weighted by molar-refractivity contribution is 5.86. The topological polar surface area (TPSA) is 100 Å². The molecule has 2 aromatic rings. The summed E-state index contributed by atoms with van der Waals surface area (Å²) in [6, 6.07) is 7.51. The number of phenolic OH excluding ortho intramolecular Hbond substituents is 1. The van der Waals surface area contributed by atoms with Crippen LogP contribution in [0.25, 0.3) is 11.8 Å². The SMILES string of the molecule is CNC1CCc2[nH]c(N)c(/C=C(\N)c3ccccc3O)c2C1. The molecule has 1 aliphatic carbocycles. The van der Waals surface area contributed by atoms with Gasteiger partial charge in [0.15, 0.2) is 0 Å². The Morgan fingerprint density at radius 2 is 2.18 bits per heavy atom. The fourth-order valence-corrected chi connectivity index (χ4v) is 3.11. The zero-order valence-electron chi connectivity index (χ0n) is 12.7. The lowest BCUT2D eigenvalue weighted by atomic mass is 9.90. The summed E-state index contributed by atoms with van der Waals surface area (Å²) in [5.74, 6) is 0.812. The number of phenols is 1. The van der Waals surface area contributed by atoms with Gasteiger partial charge in [0.05, 0.1) is 0 Å². The highest BCUT2D eigenvalue weighted by Crippen LogP contribution is 2.32. The molecule has 1 heterocycles. The fraction of sp³-hybridized carbons (Fsp3) is 0.294. The molecule has 0 fully saturated rings. The van der Waals surface area contributed by atoms with E-state index in [2.05, 4.69) is 10.3 Å². The summed E-state index contributed by atoms with van der Waals surface area (Å²) in [6.45, 7) is 0. The number of aromatic hydroxyl groups is 1. The van der Waals surface area contributed by atoms with Crippen molar-refractivity contribution in [3.05, 3.63) is 46.6 Å². The number of aromatic amines is 1. The fourth-order valence-electron chi connectivity index (χ4n) is 3.11. The molecule has 1 aliphatic rings. The summed E-state index contributed by atoms with van der Waals surface area (Å²) in [6.07, 6.45) is 4.87. The van der Waals surface area contributed by atoms with Gasteiger partial charge in [0.25, 0.3) is 0 Å². The van der Waals surface area contributed by atoms with E-state index in [1.807, 2.05) is 19.2 Å². The van der Waals surface area contributed by atoms with Crippen LogP contribution in [0.4, 0.5) is 5.82 Å². The van der Waals surface area contributed by atoms with Crippen LogP contribution in [0.15, 0.2) is 24.3 Å². The van der Waals surface area contributed by atoms with E-state index in [1.54, 1.807) is 18.2 Å². The van der Waals surface area contributed by atoms with Crippen molar-refractivity contribution in [3.63, 3.8) is 0 Å². The van der Waals surface area contributed by atoms with Gasteiger partial charge in [-0.25, -0.2) is 0 Å². The van der Waals surface area contributed by atoms with Crippen LogP contribution in [0.3, 0.4) is 0 Å². The number of rotatable bonds is 3. The van der Waals surface area contributed by atoms with E-state index < -0.39 is 0 Å². The molecule has 5 heteroatoms. The summed E-state index contributed by atoms with van der Waals surface area (Å²) in [5.41, 5.74) is 16.8. The highest BCUT2D eigenvalue weighted by atomic mass is 16.3. The monoisotopic (exact) mass is 298 g/mol. The summed E-state index contributed by atoms with van der Waals surface area (Å²) >= 11 is 0. The third-order valence-electron chi connectivity index (χ3n) is 4.38. The number of hydrogen-bond donors (Lipinski definition) is 5. The molecule has 116 valence electrons. The summed E-state index contributed by atoms with van der Waals surface area (Å²) in [7, 11) is 1.98. The van der Waals surface area contributed by atoms with Gasteiger partial charge >= 0.3 is 0 Å². The first-order chi connectivity index (χ1) is 10.6. The van der Waals surface area contributed by atoms with E-state index in [1.165, 1.54) is 11.3 Å². The van der Waals surface area contributed by atoms with Crippen molar-refractivity contribution < 1.29 is 5.11 Å². The molecule has 22 heavy (non-hydrogen) atoms. The van der Waals surface area contributed by atoms with Gasteiger partial charge in [-0.3, -0.25) is 0 Å². The maximum Gasteiger partial charge on any atom is 0.124 e. The van der Waals surface area contributed by atoms with Crippen LogP contribution >= 0.6 is 0 Å². The molecule has 1 atom stereocenters. The van der Waals surface area contributed by atoms with Gasteiger partial charge in [0.1, 0.15) is 11.6 Å². The second kappa shape index (κ2) is 5.77. The minimum Gasteiger partial charge on any atom is -0.507 e. The smallest absolute Gasteiger partial charge is 0.124 e. The highest BCUT2D eigenvalue weighted by Gasteiger charge is 2.23. The number of likely N-dealkylation sites (N-methyl/N-ethyl adjacent to an activating group) is 1. The van der Waals surface area contributed by atoms with Crippen molar-refractivity contribution in [2.45, 2.75) is 25.3 Å². The predicted molar refractivity (Wildman–Crippen MR) is 90.2 cm³/mol. The van der Waals surface area contributed by atoms with Crippen LogP contribution < -0.4 is 16.8 Å². The first kappa shape index (κ1) is 14.5. The Balaban J connectivity index is 2.01. The number of aromatic nitrogens is 1. The number of nitrogens with two attached hydrogens (primary N) is 2. The largest absolute Gasteiger partial charge is 0.507 e. The van der Waals surface area contributed by atoms with Crippen molar-refractivity contribution in [2.24, 2.45) is 5.73 Å². The van der Waals surface area contributed by atoms with E-state index in [-0.39, 0.29) is 5.75 Å². The molecule has 0 amide bonds. The van der Waals surface area contributed by atoms with Crippen molar-refractivity contribution in [3.8, 4) is 5.75 Å². The number of anilines is 1. The maximum atomic E-state index is 9.93. The first-order valence-corrected chi connectivity index (χ1v) is 7.52. The molecule has 1 unspecified atom stereocenters. The zero-order chi connectivity index (χ0) is 15.7. The molecule has 0 saturated carbocycles. The first-order valence-electron chi connectivity index (χ1n) is 7.52. The summed E-state index contributed by atoms with van der Waals surface area (Å²) in [4.78, 5) is 3.27. The van der Waals surface area contributed by atoms with Crippen LogP contribution in [0.1, 0.15) is 28.8 Å². The van der Waals surface area contributed by atoms with Gasteiger partial charge in [-0.05, 0) is 50.1 Å². The molecule has 0 bridgehead atoms. The number of nitrogens with one attached hydrogen (secondary N) is 2.